The van der Waals surface area contributed by atoms with Crippen LogP contribution < -0.4 is 0 Å². The number of hydrogen-bond acceptors (Lipinski definition) is 3. The molecule has 0 saturated carbocycles. The minimum absolute atomic E-state index is 0.0624. The molecule has 1 aliphatic rings. The largest absolute Gasteiger partial charge is 0.507 e. The van der Waals surface area contributed by atoms with Crippen molar-refractivity contribution in [3.05, 3.63) is 74.9 Å². The number of halogens is 2. The van der Waals surface area contributed by atoms with Gasteiger partial charge in [0.15, 0.2) is 0 Å². The molecule has 7 heteroatoms. The number of unbranched alkanes of at least 4 members (excludes halogenated alkanes) is 1. The molecule has 1 atom stereocenters. The van der Waals surface area contributed by atoms with Gasteiger partial charge in [-0.05, 0) is 37.6 Å². The maximum atomic E-state index is 13.1. The van der Waals surface area contributed by atoms with Crippen molar-refractivity contribution in [3.8, 4) is 0 Å². The van der Waals surface area contributed by atoms with Crippen LogP contribution in [0.25, 0.3) is 16.7 Å². The number of carbonyl (C=O) groups is 2. The number of aliphatic hydroxyl groups excluding tert-OH is 1. The number of fused-ring (bicyclic) bond motifs is 1. The van der Waals surface area contributed by atoms with E-state index in [9.17, 15) is 14.7 Å². The van der Waals surface area contributed by atoms with Gasteiger partial charge in [0, 0.05) is 34.3 Å². The number of H-pyrrole nitrogens is 1. The number of aryl methyl sites for hydroxylation is 1. The van der Waals surface area contributed by atoms with Gasteiger partial charge in [-0.15, -0.1) is 0 Å². The summed E-state index contributed by atoms with van der Waals surface area (Å²) in [5.41, 5.74) is 2.96. The number of amides is 1. The normalized spacial score (nSPS) is 18.3. The summed E-state index contributed by atoms with van der Waals surface area (Å²) in [7, 11) is 0. The smallest absolute Gasteiger partial charge is 0.295 e. The Bertz CT molecular complexity index is 1230. The van der Waals surface area contributed by atoms with E-state index in [1.165, 1.54) is 6.07 Å². The second-order valence-electron chi connectivity index (χ2n) is 7.68. The lowest BCUT2D eigenvalue weighted by Gasteiger charge is -2.25. The number of ketones is 1. The quantitative estimate of drug-likeness (QED) is 0.280. The first-order valence-corrected chi connectivity index (χ1v) is 10.9. The minimum atomic E-state index is -0.700. The Balaban J connectivity index is 1.97. The zero-order valence-corrected chi connectivity index (χ0v) is 18.7. The summed E-state index contributed by atoms with van der Waals surface area (Å²) in [6.45, 7) is 4.36. The number of aromatic nitrogens is 1. The fourth-order valence-electron chi connectivity index (χ4n) is 4.19. The molecule has 5 nitrogen and oxygen atoms in total. The molecule has 2 N–H and O–H groups in total. The van der Waals surface area contributed by atoms with Gasteiger partial charge in [-0.2, -0.15) is 0 Å². The molecular weight excluding hydrogens is 435 g/mol. The summed E-state index contributed by atoms with van der Waals surface area (Å²) in [5, 5.41) is 12.7. The molecule has 1 fully saturated rings. The Kier molecular flexibility index (Phi) is 5.82. The Morgan fingerprint density at radius 2 is 1.87 bits per heavy atom. The molecule has 160 valence electrons. The summed E-state index contributed by atoms with van der Waals surface area (Å²) >= 11 is 12.1. The number of aromatic amines is 1. The highest BCUT2D eigenvalue weighted by atomic mass is 35.5. The lowest BCUT2D eigenvalue weighted by Crippen LogP contribution is -2.30. The predicted octanol–water partition coefficient (Wildman–Crippen LogP) is 6.00. The number of nitrogens with one attached hydrogen (secondary N) is 1. The molecule has 1 unspecified atom stereocenters. The molecule has 2 aromatic carbocycles. The number of para-hydroxylation sites is 1. The highest BCUT2D eigenvalue weighted by Gasteiger charge is 2.47. The molecule has 1 amide bonds. The van der Waals surface area contributed by atoms with Gasteiger partial charge in [0.2, 0.25) is 0 Å². The lowest BCUT2D eigenvalue weighted by atomic mass is 9.93. The van der Waals surface area contributed by atoms with Crippen molar-refractivity contribution < 1.29 is 14.7 Å². The Labute approximate surface area is 190 Å². The summed E-state index contributed by atoms with van der Waals surface area (Å²) in [6.07, 6.45) is 1.62. The number of carbonyl (C=O) groups excluding carboxylic acids is 2. The average Bonchev–Trinajstić information content (AvgIpc) is 3.20. The van der Waals surface area contributed by atoms with Crippen molar-refractivity contribution in [1.82, 2.24) is 9.88 Å². The third-order valence-corrected chi connectivity index (χ3v) is 6.44. The number of Topliss-reactive ketones (excluding diaryl/α,β-unsaturated/α-hetero) is 1. The van der Waals surface area contributed by atoms with Crippen LogP contribution in [-0.2, 0) is 9.59 Å². The monoisotopic (exact) mass is 456 g/mol. The molecule has 1 saturated heterocycles. The fourth-order valence-corrected chi connectivity index (χ4v) is 4.49. The lowest BCUT2D eigenvalue weighted by molar-refractivity contribution is -0.139. The number of nitrogens with zero attached hydrogens (tertiary/aromatic N) is 1. The van der Waals surface area contributed by atoms with Gasteiger partial charge in [0.25, 0.3) is 11.7 Å². The SMILES string of the molecule is CCCCN1C(=O)C(=O)/C(=C(/O)c2ccc(Cl)c(Cl)c2)C1c1c(C)[nH]c2ccccc12. The van der Waals surface area contributed by atoms with Crippen LogP contribution in [0.1, 0.15) is 42.6 Å². The van der Waals surface area contributed by atoms with Crippen LogP contribution in [-0.4, -0.2) is 33.2 Å². The summed E-state index contributed by atoms with van der Waals surface area (Å²) in [4.78, 5) is 31.0. The van der Waals surface area contributed by atoms with Crippen LogP contribution in [0.2, 0.25) is 10.0 Å². The first kappa shape index (κ1) is 21.5. The Morgan fingerprint density at radius 1 is 1.13 bits per heavy atom. The molecule has 1 aromatic heterocycles. The van der Waals surface area contributed by atoms with E-state index in [2.05, 4.69) is 4.98 Å². The fraction of sp³-hybridized carbons (Fsp3) is 0.250. The molecule has 3 aromatic rings. The zero-order valence-electron chi connectivity index (χ0n) is 17.2. The van der Waals surface area contributed by atoms with Gasteiger partial charge < -0.3 is 15.0 Å². The molecule has 0 radical (unpaired) electrons. The summed E-state index contributed by atoms with van der Waals surface area (Å²) in [6, 6.07) is 11.7. The molecule has 0 spiro atoms. The number of hydrogen-bond donors (Lipinski definition) is 2. The van der Waals surface area contributed by atoms with Crippen LogP contribution in [0.3, 0.4) is 0 Å². The van der Waals surface area contributed by atoms with Crippen molar-refractivity contribution in [2.75, 3.05) is 6.54 Å². The summed E-state index contributed by atoms with van der Waals surface area (Å²) < 4.78 is 0. The van der Waals surface area contributed by atoms with Crippen molar-refractivity contribution in [2.45, 2.75) is 32.7 Å². The van der Waals surface area contributed by atoms with Crippen LogP contribution >= 0.6 is 23.2 Å². The van der Waals surface area contributed by atoms with Crippen molar-refractivity contribution in [3.63, 3.8) is 0 Å². The number of likely N-dealkylation sites (tertiary alicyclic amines) is 1. The molecule has 0 aliphatic carbocycles. The third-order valence-electron chi connectivity index (χ3n) is 5.70. The topological polar surface area (TPSA) is 73.4 Å². The van der Waals surface area contributed by atoms with Gasteiger partial charge in [0.1, 0.15) is 5.76 Å². The van der Waals surface area contributed by atoms with Gasteiger partial charge in [-0.25, -0.2) is 0 Å². The second-order valence-corrected chi connectivity index (χ2v) is 8.50. The van der Waals surface area contributed by atoms with Crippen LogP contribution in [0, 0.1) is 6.92 Å². The van der Waals surface area contributed by atoms with Crippen molar-refractivity contribution in [2.24, 2.45) is 0 Å². The molecule has 31 heavy (non-hydrogen) atoms. The summed E-state index contributed by atoms with van der Waals surface area (Å²) in [5.74, 6) is -1.57. The van der Waals surface area contributed by atoms with Crippen molar-refractivity contribution >= 4 is 51.6 Å². The van der Waals surface area contributed by atoms with E-state index >= 15 is 0 Å². The van der Waals surface area contributed by atoms with E-state index in [4.69, 9.17) is 23.2 Å². The van der Waals surface area contributed by atoms with E-state index in [-0.39, 0.29) is 16.4 Å². The molecule has 0 bridgehead atoms. The van der Waals surface area contributed by atoms with Gasteiger partial charge in [0.05, 0.1) is 21.7 Å². The van der Waals surface area contributed by atoms with Gasteiger partial charge >= 0.3 is 0 Å². The van der Waals surface area contributed by atoms with Crippen LogP contribution in [0.15, 0.2) is 48.0 Å². The highest BCUT2D eigenvalue weighted by molar-refractivity contribution is 6.47. The Morgan fingerprint density at radius 3 is 2.58 bits per heavy atom. The van der Waals surface area contributed by atoms with E-state index < -0.39 is 17.7 Å². The number of rotatable bonds is 5. The average molecular weight is 457 g/mol. The van der Waals surface area contributed by atoms with Gasteiger partial charge in [-0.1, -0.05) is 54.7 Å². The Hall–Kier alpha value is -2.76. The van der Waals surface area contributed by atoms with Gasteiger partial charge in [-0.3, -0.25) is 9.59 Å². The van der Waals surface area contributed by atoms with E-state index in [1.807, 2.05) is 38.1 Å². The molecular formula is C24H22Cl2N2O3. The van der Waals surface area contributed by atoms with E-state index in [1.54, 1.807) is 17.0 Å². The number of aliphatic hydroxyl groups is 1. The van der Waals surface area contributed by atoms with Crippen molar-refractivity contribution in [1.29, 1.82) is 0 Å². The maximum absolute atomic E-state index is 13.1. The van der Waals surface area contributed by atoms with E-state index in [0.29, 0.717) is 17.1 Å². The third kappa shape index (κ3) is 3.62. The van der Waals surface area contributed by atoms with E-state index in [0.717, 1.165) is 35.0 Å². The molecule has 2 heterocycles. The second kappa shape index (κ2) is 8.40. The number of benzene rings is 2. The molecule has 1 aliphatic heterocycles. The van der Waals surface area contributed by atoms with Crippen LogP contribution in [0.4, 0.5) is 0 Å². The standard InChI is InChI=1S/C24H22Cl2N2O3/c1-3-4-11-28-21(19-13(2)27-18-8-6-5-7-15(18)19)20(23(30)24(28)31)22(29)14-9-10-16(25)17(26)12-14/h5-10,12,21,27,29H,3-4,11H2,1-2H3/b22-20+. The first-order chi connectivity index (χ1) is 14.8. The minimum Gasteiger partial charge on any atom is -0.507 e. The molecule has 4 rings (SSSR count). The maximum Gasteiger partial charge on any atom is 0.295 e. The first-order valence-electron chi connectivity index (χ1n) is 10.2. The highest BCUT2D eigenvalue weighted by Crippen LogP contribution is 2.43. The zero-order chi connectivity index (χ0) is 22.3. The predicted molar refractivity (Wildman–Crippen MR) is 123 cm³/mol. The van der Waals surface area contributed by atoms with Crippen LogP contribution in [0.5, 0.6) is 0 Å².